The molecule has 1 saturated heterocycles. The van der Waals surface area contributed by atoms with Crippen molar-refractivity contribution in [1.82, 2.24) is 9.88 Å². The van der Waals surface area contributed by atoms with Crippen molar-refractivity contribution in [1.29, 1.82) is 0 Å². The minimum Gasteiger partial charge on any atom is -0.362 e. The van der Waals surface area contributed by atoms with E-state index >= 15 is 0 Å². The molecular weight excluding hydrogens is 335 g/mol. The molecule has 0 unspecified atom stereocenters. The molecule has 0 N–H and O–H groups in total. The van der Waals surface area contributed by atoms with E-state index in [0.717, 1.165) is 16.7 Å². The van der Waals surface area contributed by atoms with Gasteiger partial charge in [0.05, 0.1) is 8.49 Å². The van der Waals surface area contributed by atoms with Gasteiger partial charge in [0.15, 0.2) is 0 Å². The van der Waals surface area contributed by atoms with Gasteiger partial charge < -0.3 is 9.80 Å². The maximum atomic E-state index is 11.0. The minimum absolute atomic E-state index is 0.0918. The second-order valence-corrected chi connectivity index (χ2v) is 5.43. The number of rotatable bonds is 3. The number of hydrogen-bond acceptors (Lipinski definition) is 5. The molecule has 1 aromatic heterocycles. The Balaban J connectivity index is 2.25. The Bertz CT molecular complexity index is 446. The molecule has 1 fully saturated rings. The fraction of sp³-hybridized carbons (Fsp3) is 0.500. The highest BCUT2D eigenvalue weighted by Gasteiger charge is 2.34. The predicted molar refractivity (Wildman–Crippen MR) is 73.3 cm³/mol. The molecule has 0 bridgehead atoms. The molecule has 2 rings (SSSR count). The first-order chi connectivity index (χ1) is 8.00. The van der Waals surface area contributed by atoms with Crippen molar-refractivity contribution in [3.05, 3.63) is 26.1 Å². The first kappa shape index (κ1) is 12.5. The number of anilines is 1. The lowest BCUT2D eigenvalue weighted by Gasteiger charge is -2.44. The SMILES string of the molecule is CN(C)C1CN(c2c(I)cncc2[N+](=O)[O-])C1. The molecule has 0 aliphatic carbocycles. The maximum Gasteiger partial charge on any atom is 0.311 e. The van der Waals surface area contributed by atoms with Gasteiger partial charge in [-0.25, -0.2) is 0 Å². The number of nitro groups is 1. The first-order valence-electron chi connectivity index (χ1n) is 5.20. The van der Waals surface area contributed by atoms with E-state index in [1.54, 1.807) is 6.20 Å². The van der Waals surface area contributed by atoms with E-state index in [2.05, 4.69) is 32.5 Å². The highest BCUT2D eigenvalue weighted by atomic mass is 127. The lowest BCUT2D eigenvalue weighted by Crippen LogP contribution is -2.57. The Morgan fingerprint density at radius 2 is 2.18 bits per heavy atom. The second kappa shape index (κ2) is 4.73. The van der Waals surface area contributed by atoms with Gasteiger partial charge in [0.2, 0.25) is 0 Å². The van der Waals surface area contributed by atoms with Gasteiger partial charge in [0.25, 0.3) is 0 Å². The molecule has 17 heavy (non-hydrogen) atoms. The van der Waals surface area contributed by atoms with Crippen LogP contribution in [0.4, 0.5) is 11.4 Å². The molecule has 1 aliphatic heterocycles. The zero-order valence-corrected chi connectivity index (χ0v) is 11.8. The number of aromatic nitrogens is 1. The van der Waals surface area contributed by atoms with Crippen molar-refractivity contribution in [2.75, 3.05) is 32.1 Å². The van der Waals surface area contributed by atoms with Gasteiger partial charge in [0.1, 0.15) is 11.9 Å². The van der Waals surface area contributed by atoms with E-state index in [-0.39, 0.29) is 10.6 Å². The maximum absolute atomic E-state index is 11.0. The lowest BCUT2D eigenvalue weighted by molar-refractivity contribution is -0.384. The molecule has 6 nitrogen and oxygen atoms in total. The van der Waals surface area contributed by atoms with Crippen LogP contribution in [-0.2, 0) is 0 Å². The summed E-state index contributed by atoms with van der Waals surface area (Å²) in [5.74, 6) is 0. The highest BCUT2D eigenvalue weighted by Crippen LogP contribution is 2.35. The molecule has 1 aromatic rings. The fourth-order valence-corrected chi connectivity index (χ4v) is 2.61. The molecule has 0 amide bonds. The molecule has 2 heterocycles. The molecule has 0 spiro atoms. The van der Waals surface area contributed by atoms with Crippen LogP contribution < -0.4 is 4.90 Å². The van der Waals surface area contributed by atoms with Gasteiger partial charge in [-0.3, -0.25) is 15.1 Å². The summed E-state index contributed by atoms with van der Waals surface area (Å²) in [5.41, 5.74) is 0.790. The van der Waals surface area contributed by atoms with Crippen LogP contribution in [0.15, 0.2) is 12.4 Å². The van der Waals surface area contributed by atoms with Crippen LogP contribution in [0.1, 0.15) is 0 Å². The van der Waals surface area contributed by atoms with Crippen molar-refractivity contribution in [3.63, 3.8) is 0 Å². The third-order valence-corrected chi connectivity index (χ3v) is 3.75. The number of nitrogens with zero attached hydrogens (tertiary/aromatic N) is 4. The Hall–Kier alpha value is -0.960. The van der Waals surface area contributed by atoms with Crippen LogP contribution in [-0.4, -0.2) is 48.0 Å². The second-order valence-electron chi connectivity index (χ2n) is 4.27. The van der Waals surface area contributed by atoms with Gasteiger partial charge in [-0.05, 0) is 36.7 Å². The molecule has 0 atom stereocenters. The summed E-state index contributed by atoms with van der Waals surface area (Å²) < 4.78 is 0.828. The van der Waals surface area contributed by atoms with E-state index in [1.807, 2.05) is 19.0 Å². The van der Waals surface area contributed by atoms with E-state index in [1.165, 1.54) is 6.20 Å². The molecule has 0 aromatic carbocycles. The van der Waals surface area contributed by atoms with E-state index < -0.39 is 0 Å². The number of halogens is 1. The topological polar surface area (TPSA) is 62.5 Å². The standard InChI is InChI=1S/C10H13IN4O2/c1-13(2)7-5-14(6-7)10-8(11)3-12-4-9(10)15(16)17/h3-4,7H,5-6H2,1-2H3. The summed E-state index contributed by atoms with van der Waals surface area (Å²) in [7, 11) is 4.04. The molecule has 7 heteroatoms. The van der Waals surface area contributed by atoms with E-state index in [9.17, 15) is 10.1 Å². The normalized spacial score (nSPS) is 16.1. The van der Waals surface area contributed by atoms with Crippen molar-refractivity contribution in [3.8, 4) is 0 Å². The van der Waals surface area contributed by atoms with E-state index in [0.29, 0.717) is 11.7 Å². The van der Waals surface area contributed by atoms with Gasteiger partial charge in [-0.2, -0.15) is 0 Å². The van der Waals surface area contributed by atoms with Gasteiger partial charge in [0, 0.05) is 25.3 Å². The largest absolute Gasteiger partial charge is 0.362 e. The highest BCUT2D eigenvalue weighted by molar-refractivity contribution is 14.1. The van der Waals surface area contributed by atoms with Crippen LogP contribution in [0.2, 0.25) is 0 Å². The molecular formula is C10H13IN4O2. The Labute approximate surface area is 113 Å². The number of hydrogen-bond donors (Lipinski definition) is 0. The average Bonchev–Trinajstić information content (AvgIpc) is 2.17. The number of likely N-dealkylation sites (N-methyl/N-ethyl adjacent to an activating group) is 1. The summed E-state index contributed by atoms with van der Waals surface area (Å²) >= 11 is 2.09. The molecule has 0 radical (unpaired) electrons. The number of pyridine rings is 1. The summed E-state index contributed by atoms with van der Waals surface area (Å²) in [6.07, 6.45) is 2.98. The third kappa shape index (κ3) is 2.34. The van der Waals surface area contributed by atoms with Gasteiger partial charge in [-0.15, -0.1) is 0 Å². The van der Waals surface area contributed by atoms with Crippen LogP contribution in [0.5, 0.6) is 0 Å². The summed E-state index contributed by atoms with van der Waals surface area (Å²) in [5, 5.41) is 11.0. The third-order valence-electron chi connectivity index (χ3n) is 2.96. The van der Waals surface area contributed by atoms with Crippen molar-refractivity contribution >= 4 is 34.0 Å². The lowest BCUT2D eigenvalue weighted by atomic mass is 10.1. The van der Waals surface area contributed by atoms with Crippen LogP contribution in [0, 0.1) is 13.7 Å². The first-order valence-corrected chi connectivity index (χ1v) is 6.28. The van der Waals surface area contributed by atoms with E-state index in [4.69, 9.17) is 0 Å². The summed E-state index contributed by atoms with van der Waals surface area (Å²) in [6, 6.07) is 0.471. The van der Waals surface area contributed by atoms with Crippen molar-refractivity contribution in [2.45, 2.75) is 6.04 Å². The zero-order chi connectivity index (χ0) is 12.6. The van der Waals surface area contributed by atoms with Crippen LogP contribution in [0.3, 0.4) is 0 Å². The summed E-state index contributed by atoms with van der Waals surface area (Å²) in [6.45, 7) is 1.65. The van der Waals surface area contributed by atoms with Crippen molar-refractivity contribution in [2.24, 2.45) is 0 Å². The average molecular weight is 348 g/mol. The smallest absolute Gasteiger partial charge is 0.311 e. The van der Waals surface area contributed by atoms with Gasteiger partial charge in [-0.1, -0.05) is 0 Å². The monoisotopic (exact) mass is 348 g/mol. The minimum atomic E-state index is -0.368. The zero-order valence-electron chi connectivity index (χ0n) is 9.63. The Kier molecular flexibility index (Phi) is 3.48. The quantitative estimate of drug-likeness (QED) is 0.469. The molecule has 1 aliphatic rings. The van der Waals surface area contributed by atoms with Gasteiger partial charge >= 0.3 is 5.69 Å². The van der Waals surface area contributed by atoms with Crippen LogP contribution in [0.25, 0.3) is 0 Å². The fourth-order valence-electron chi connectivity index (χ4n) is 1.83. The molecule has 92 valence electrons. The summed E-state index contributed by atoms with van der Waals surface area (Å²) in [4.78, 5) is 18.6. The molecule has 0 saturated carbocycles. The Morgan fingerprint density at radius 1 is 1.53 bits per heavy atom. The van der Waals surface area contributed by atoms with Crippen molar-refractivity contribution < 1.29 is 4.92 Å². The predicted octanol–water partition coefficient (Wildman–Crippen LogP) is 1.34. The Morgan fingerprint density at radius 3 is 2.71 bits per heavy atom. The van der Waals surface area contributed by atoms with Crippen LogP contribution >= 0.6 is 22.6 Å².